The summed E-state index contributed by atoms with van der Waals surface area (Å²) in [5.41, 5.74) is -2.31. The molecule has 3 rings (SSSR count). The van der Waals surface area contributed by atoms with Crippen LogP contribution in [0.25, 0.3) is 21.5 Å². The minimum atomic E-state index is -0.590. The third-order valence-corrected chi connectivity index (χ3v) is 3.96. The fraction of sp³-hybridized carbons (Fsp3) is 0.111. The molecular weight excluding hydrogens is 308 g/mol. The molecule has 2 heterocycles. The number of benzene rings is 1. The van der Waals surface area contributed by atoms with Gasteiger partial charge < -0.3 is 0 Å². The third kappa shape index (κ3) is 1.78. The monoisotopic (exact) mass is 320 g/mol. The molecule has 0 aliphatic heterocycles. The molecule has 3 aromatic rings. The number of hydrogen-bond acceptors (Lipinski definition) is 4. The predicted octanol–water partition coefficient (Wildman–Crippen LogP) is 0.266. The van der Waals surface area contributed by atoms with Gasteiger partial charge in [-0.05, 0) is 6.07 Å². The third-order valence-electron chi connectivity index (χ3n) is 3.96. The summed E-state index contributed by atoms with van der Waals surface area (Å²) < 4.78 is 1.95. The van der Waals surface area contributed by atoms with Gasteiger partial charge in [-0.25, -0.2) is 0 Å². The van der Waals surface area contributed by atoms with E-state index in [1.54, 1.807) is 0 Å². The first kappa shape index (κ1) is 15.4. The van der Waals surface area contributed by atoms with Crippen LogP contribution in [0.5, 0.6) is 0 Å². The number of aromatic nitrogens is 2. The van der Waals surface area contributed by atoms with Gasteiger partial charge in [0.05, 0.1) is 27.1 Å². The summed E-state index contributed by atoms with van der Waals surface area (Å²) >= 11 is 0. The fourth-order valence-electron chi connectivity index (χ4n) is 2.94. The predicted molar refractivity (Wildman–Crippen MR) is 93.2 cm³/mol. The molecule has 0 amide bonds. The minimum absolute atomic E-state index is 0.00953. The van der Waals surface area contributed by atoms with Crippen molar-refractivity contribution < 1.29 is 0 Å². The minimum Gasteiger partial charge on any atom is -0.270 e. The van der Waals surface area contributed by atoms with Crippen molar-refractivity contribution in [3.63, 3.8) is 0 Å². The lowest BCUT2D eigenvalue weighted by Gasteiger charge is -1.94. The largest absolute Gasteiger partial charge is 0.270 e. The Morgan fingerprint density at radius 2 is 1.29 bits per heavy atom. The van der Waals surface area contributed by atoms with Crippen LogP contribution in [0.2, 0.25) is 0 Å². The molecule has 24 heavy (non-hydrogen) atoms. The zero-order valence-electron chi connectivity index (χ0n) is 12.7. The van der Waals surface area contributed by atoms with Gasteiger partial charge >= 0.3 is 0 Å². The summed E-state index contributed by atoms with van der Waals surface area (Å²) in [6, 6.07) is 1.28. The Hall–Kier alpha value is -3.46. The summed E-state index contributed by atoms with van der Waals surface area (Å²) in [5, 5.41) is 0.0553. The number of rotatable bonds is 4. The molecule has 0 unspecified atom stereocenters. The highest BCUT2D eigenvalue weighted by Gasteiger charge is 2.23. The Balaban J connectivity index is 2.68. The van der Waals surface area contributed by atoms with E-state index in [1.807, 2.05) is 0 Å². The van der Waals surface area contributed by atoms with E-state index in [0.717, 1.165) is 9.13 Å². The van der Waals surface area contributed by atoms with Crippen molar-refractivity contribution >= 4 is 21.5 Å². The van der Waals surface area contributed by atoms with E-state index in [0.29, 0.717) is 0 Å². The van der Waals surface area contributed by atoms with Gasteiger partial charge in [-0.15, -0.1) is 19.6 Å². The Morgan fingerprint density at radius 3 is 1.62 bits per heavy atom. The lowest BCUT2D eigenvalue weighted by Crippen LogP contribution is -2.25. The molecule has 0 spiro atoms. The van der Waals surface area contributed by atoms with E-state index in [1.165, 1.54) is 18.2 Å². The Kier molecular flexibility index (Phi) is 3.42. The molecule has 0 aliphatic carbocycles. The molecule has 0 saturated carbocycles. The summed E-state index contributed by atoms with van der Waals surface area (Å²) in [7, 11) is 0. The maximum atomic E-state index is 12.5. The molecule has 0 N–H and O–H groups in total. The number of hydrogen-bond donors (Lipinski definition) is 0. The zero-order valence-corrected chi connectivity index (χ0v) is 12.7. The van der Waals surface area contributed by atoms with E-state index in [-0.39, 0.29) is 40.2 Å². The second kappa shape index (κ2) is 5.32. The fourth-order valence-corrected chi connectivity index (χ4v) is 2.94. The Bertz CT molecular complexity index is 1180. The summed E-state index contributed by atoms with van der Waals surface area (Å²) in [5.74, 6) is 2.30. The van der Waals surface area contributed by atoms with Gasteiger partial charge in [0.15, 0.2) is 0 Å². The molecule has 0 fully saturated rings. The molecule has 0 saturated heterocycles. The molecule has 0 aliphatic rings. The summed E-state index contributed by atoms with van der Waals surface area (Å²) in [4.78, 5) is 49.9. The van der Waals surface area contributed by atoms with Crippen LogP contribution in [0.4, 0.5) is 0 Å². The quantitative estimate of drug-likeness (QED) is 0.510. The number of nitrogens with zero attached hydrogens (tertiary/aromatic N) is 2. The van der Waals surface area contributed by atoms with E-state index in [9.17, 15) is 19.2 Å². The van der Waals surface area contributed by atoms with Crippen LogP contribution in [-0.2, 0) is 13.1 Å². The van der Waals surface area contributed by atoms with Crippen molar-refractivity contribution in [2.24, 2.45) is 0 Å². The van der Waals surface area contributed by atoms with Crippen LogP contribution in [0.1, 0.15) is 5.56 Å². The molecule has 2 aromatic heterocycles. The summed E-state index contributed by atoms with van der Waals surface area (Å²) in [6.45, 7) is 7.05. The number of terminal acetylenes is 1. The van der Waals surface area contributed by atoms with E-state index in [2.05, 4.69) is 19.1 Å². The standard InChI is InChI=1S/C18H12N2O4/c1-4-7-19-15(21)11-9-12-14(10(6-3)13(11)17(19)23)18(24)20(8-5-2)16(12)22/h3-5,9H,1-2,7-8H2. The second-order valence-electron chi connectivity index (χ2n) is 5.26. The van der Waals surface area contributed by atoms with Gasteiger partial charge in [-0.1, -0.05) is 18.1 Å². The molecule has 118 valence electrons. The highest BCUT2D eigenvalue weighted by molar-refractivity contribution is 6.04. The van der Waals surface area contributed by atoms with Gasteiger partial charge in [0.25, 0.3) is 22.2 Å². The van der Waals surface area contributed by atoms with Crippen molar-refractivity contribution in [1.29, 1.82) is 0 Å². The van der Waals surface area contributed by atoms with E-state index < -0.39 is 22.2 Å². The molecule has 6 heteroatoms. The zero-order chi connectivity index (χ0) is 17.6. The topological polar surface area (TPSA) is 78.1 Å². The number of fused-ring (bicyclic) bond motifs is 2. The van der Waals surface area contributed by atoms with Gasteiger partial charge in [0.2, 0.25) is 0 Å². The van der Waals surface area contributed by atoms with E-state index in [4.69, 9.17) is 6.42 Å². The van der Waals surface area contributed by atoms with Gasteiger partial charge in [0.1, 0.15) is 0 Å². The normalized spacial score (nSPS) is 11.0. The van der Waals surface area contributed by atoms with Crippen LogP contribution in [0, 0.1) is 12.3 Å². The maximum absolute atomic E-state index is 12.5. The van der Waals surface area contributed by atoms with Crippen LogP contribution < -0.4 is 22.2 Å². The molecule has 0 radical (unpaired) electrons. The van der Waals surface area contributed by atoms with Gasteiger partial charge in [-0.3, -0.25) is 28.3 Å². The van der Waals surface area contributed by atoms with Crippen LogP contribution in [0.15, 0.2) is 50.6 Å². The van der Waals surface area contributed by atoms with Gasteiger partial charge in [-0.2, -0.15) is 0 Å². The van der Waals surface area contributed by atoms with Crippen molar-refractivity contribution in [3.8, 4) is 12.3 Å². The summed E-state index contributed by atoms with van der Waals surface area (Å²) in [6.07, 6.45) is 8.32. The highest BCUT2D eigenvalue weighted by atomic mass is 16.2. The van der Waals surface area contributed by atoms with Gasteiger partial charge in [0, 0.05) is 13.1 Å². The van der Waals surface area contributed by atoms with Crippen molar-refractivity contribution in [2.45, 2.75) is 13.1 Å². The first-order chi connectivity index (χ1) is 11.5. The molecule has 0 atom stereocenters. The lowest BCUT2D eigenvalue weighted by molar-refractivity contribution is 0.774. The Morgan fingerprint density at radius 1 is 0.875 bits per heavy atom. The van der Waals surface area contributed by atoms with Crippen LogP contribution >= 0.6 is 0 Å². The first-order valence-electron chi connectivity index (χ1n) is 7.09. The Labute approximate surface area is 135 Å². The van der Waals surface area contributed by atoms with Crippen molar-refractivity contribution in [3.05, 3.63) is 78.4 Å². The van der Waals surface area contributed by atoms with Crippen molar-refractivity contribution in [2.75, 3.05) is 0 Å². The average Bonchev–Trinajstić information content (AvgIpc) is 2.95. The first-order valence-corrected chi connectivity index (χ1v) is 7.09. The number of allylic oxidation sites excluding steroid dienone is 2. The van der Waals surface area contributed by atoms with Crippen molar-refractivity contribution in [1.82, 2.24) is 9.13 Å². The molecule has 0 bridgehead atoms. The average molecular weight is 320 g/mol. The molecule has 6 nitrogen and oxygen atoms in total. The van der Waals surface area contributed by atoms with Crippen LogP contribution in [0.3, 0.4) is 0 Å². The SMILES string of the molecule is C#Cc1c2c(=O)n(CC=C)c(=O)c2cc2c(=O)n(CC=C)c(=O)c12. The highest BCUT2D eigenvalue weighted by Crippen LogP contribution is 2.20. The van der Waals surface area contributed by atoms with E-state index >= 15 is 0 Å². The lowest BCUT2D eigenvalue weighted by atomic mass is 10.0. The maximum Gasteiger partial charge on any atom is 0.263 e. The second-order valence-corrected chi connectivity index (χ2v) is 5.26. The molecule has 1 aromatic carbocycles. The smallest absolute Gasteiger partial charge is 0.263 e. The molecular formula is C18H12N2O4. The van der Waals surface area contributed by atoms with Crippen LogP contribution in [-0.4, -0.2) is 9.13 Å².